The molecule has 2 nitrogen and oxygen atoms in total. The summed E-state index contributed by atoms with van der Waals surface area (Å²) in [7, 11) is 0. The Labute approximate surface area is 326 Å². The molecule has 0 amide bonds. The Kier molecular flexibility index (Phi) is 7.43. The van der Waals surface area contributed by atoms with Crippen LogP contribution in [0.25, 0.3) is 72.1 Å². The fourth-order valence-corrected chi connectivity index (χ4v) is 9.36. The summed E-state index contributed by atoms with van der Waals surface area (Å²) in [5.41, 5.74) is 17.7. The Bertz CT molecular complexity index is 3000. The van der Waals surface area contributed by atoms with Crippen LogP contribution in [-0.2, 0) is 5.41 Å². The first kappa shape index (κ1) is 32.2. The van der Waals surface area contributed by atoms with Gasteiger partial charge in [0.25, 0.3) is 0 Å². The van der Waals surface area contributed by atoms with Crippen LogP contribution in [0.2, 0.25) is 0 Å². The molecule has 0 spiro atoms. The molecule has 0 radical (unpaired) electrons. The molecule has 1 aliphatic carbocycles. The largest absolute Gasteiger partial charge is 0.231 e. The Morgan fingerprint density at radius 1 is 0.357 bits per heavy atom. The molecule has 2 aromatic heterocycles. The van der Waals surface area contributed by atoms with E-state index in [0.717, 1.165) is 33.5 Å². The van der Waals surface area contributed by atoms with Crippen LogP contribution >= 0.6 is 0 Å². The van der Waals surface area contributed by atoms with Gasteiger partial charge >= 0.3 is 0 Å². The minimum atomic E-state index is -0.406. The zero-order chi connectivity index (χ0) is 37.1. The fraction of sp³-hybridized carbons (Fsp3) is 0.0185. The quantitative estimate of drug-likeness (QED) is 0.168. The minimum Gasteiger partial charge on any atom is -0.231 e. The molecule has 1 aliphatic rings. The van der Waals surface area contributed by atoms with Crippen LogP contribution in [0.3, 0.4) is 0 Å². The summed E-state index contributed by atoms with van der Waals surface area (Å²) in [6.07, 6.45) is 2.02. The highest BCUT2D eigenvalue weighted by atomic mass is 15.2. The average molecular weight is 713 g/mol. The molecule has 262 valence electrons. The number of rotatable bonds is 6. The Balaban J connectivity index is 1.09. The number of benzene rings is 8. The van der Waals surface area contributed by atoms with Crippen molar-refractivity contribution in [2.75, 3.05) is 0 Å². The number of hydrogen-bond acceptors (Lipinski definition) is 1. The predicted octanol–water partition coefficient (Wildman–Crippen LogP) is 13.5. The van der Waals surface area contributed by atoms with Crippen molar-refractivity contribution in [3.63, 3.8) is 0 Å². The van der Waals surface area contributed by atoms with E-state index >= 15 is 0 Å². The molecule has 10 aromatic rings. The molecule has 0 unspecified atom stereocenters. The molecule has 2 heterocycles. The molecule has 2 heteroatoms. The van der Waals surface area contributed by atoms with Crippen LogP contribution in [0.1, 0.15) is 22.3 Å². The summed E-state index contributed by atoms with van der Waals surface area (Å²) in [6.45, 7) is 0. The van der Waals surface area contributed by atoms with Gasteiger partial charge < -0.3 is 0 Å². The number of aromatic nitrogens is 2. The second-order valence-electron chi connectivity index (χ2n) is 14.7. The van der Waals surface area contributed by atoms with E-state index in [1.165, 1.54) is 60.8 Å². The summed E-state index contributed by atoms with van der Waals surface area (Å²) in [5.74, 6) is 0. The van der Waals surface area contributed by atoms with Crippen molar-refractivity contribution in [2.24, 2.45) is 0 Å². The average Bonchev–Trinajstić information content (AvgIpc) is 3.86. The zero-order valence-corrected chi connectivity index (χ0v) is 30.7. The van der Waals surface area contributed by atoms with Crippen LogP contribution < -0.4 is 0 Å². The molecule has 0 fully saturated rings. The molecule has 0 N–H and O–H groups in total. The highest BCUT2D eigenvalue weighted by Crippen LogP contribution is 2.56. The first-order chi connectivity index (χ1) is 27.8. The molecule has 8 aromatic carbocycles. The van der Waals surface area contributed by atoms with Crippen LogP contribution in [0.5, 0.6) is 0 Å². The molecule has 11 rings (SSSR count). The summed E-state index contributed by atoms with van der Waals surface area (Å²) in [5, 5.41) is 7.48. The lowest BCUT2D eigenvalue weighted by molar-refractivity contribution is 0.768. The summed E-state index contributed by atoms with van der Waals surface area (Å²) in [6, 6.07) is 77.2. The number of hydrogen-bond donors (Lipinski definition) is 0. The standard InChI is InChI=1S/C54H36N2/c1-5-17-38(18-6-1)48-36-55-56-52(40-19-7-2-8-20-40)51(45-26-13-14-27-46(45)53(48)56)39-31-29-37(30-32-39)41-33-34-50-47(35-41)44-25-15-16-28-49(44)54(50,42-21-9-3-10-22-42)43-23-11-4-12-24-43/h1-36H. The van der Waals surface area contributed by atoms with E-state index in [-0.39, 0.29) is 0 Å². The van der Waals surface area contributed by atoms with Gasteiger partial charge in [0, 0.05) is 22.1 Å². The van der Waals surface area contributed by atoms with Crippen molar-refractivity contribution in [3.8, 4) is 55.8 Å². The van der Waals surface area contributed by atoms with Gasteiger partial charge in [0.2, 0.25) is 0 Å². The maximum atomic E-state index is 5.10. The van der Waals surface area contributed by atoms with Crippen molar-refractivity contribution in [2.45, 2.75) is 5.41 Å². The minimum absolute atomic E-state index is 0.406. The molecule has 0 bridgehead atoms. The van der Waals surface area contributed by atoms with Gasteiger partial charge in [0.05, 0.1) is 22.8 Å². The Hall–Kier alpha value is -7.29. The van der Waals surface area contributed by atoms with E-state index in [0.29, 0.717) is 0 Å². The summed E-state index contributed by atoms with van der Waals surface area (Å²) >= 11 is 0. The molecule has 56 heavy (non-hydrogen) atoms. The monoisotopic (exact) mass is 712 g/mol. The summed E-state index contributed by atoms with van der Waals surface area (Å²) < 4.78 is 2.16. The smallest absolute Gasteiger partial charge is 0.0826 e. The van der Waals surface area contributed by atoms with Crippen LogP contribution in [0, 0.1) is 0 Å². The number of fused-ring (bicyclic) bond motifs is 6. The highest BCUT2D eigenvalue weighted by molar-refractivity contribution is 6.13. The van der Waals surface area contributed by atoms with Crippen molar-refractivity contribution in [1.29, 1.82) is 0 Å². The first-order valence-corrected chi connectivity index (χ1v) is 19.3. The van der Waals surface area contributed by atoms with E-state index in [1.54, 1.807) is 0 Å². The van der Waals surface area contributed by atoms with Crippen LogP contribution in [0.15, 0.2) is 219 Å². The maximum absolute atomic E-state index is 5.10. The maximum Gasteiger partial charge on any atom is 0.0826 e. The molecule has 0 atom stereocenters. The van der Waals surface area contributed by atoms with Crippen LogP contribution in [0.4, 0.5) is 0 Å². The van der Waals surface area contributed by atoms with Crippen molar-refractivity contribution >= 4 is 16.3 Å². The number of pyridine rings is 1. The molecule has 0 saturated carbocycles. The van der Waals surface area contributed by atoms with Gasteiger partial charge in [-0.25, -0.2) is 4.52 Å². The Morgan fingerprint density at radius 3 is 1.55 bits per heavy atom. The predicted molar refractivity (Wildman–Crippen MR) is 232 cm³/mol. The van der Waals surface area contributed by atoms with Crippen molar-refractivity contribution in [3.05, 3.63) is 241 Å². The van der Waals surface area contributed by atoms with Gasteiger partial charge in [-0.3, -0.25) is 0 Å². The lowest BCUT2D eigenvalue weighted by Gasteiger charge is -2.33. The molecular formula is C54H36N2. The van der Waals surface area contributed by atoms with E-state index in [9.17, 15) is 0 Å². The van der Waals surface area contributed by atoms with E-state index in [4.69, 9.17) is 5.10 Å². The third kappa shape index (κ3) is 4.79. The topological polar surface area (TPSA) is 17.3 Å². The SMILES string of the molecule is c1ccc(-c2cnn3c(-c4ccccc4)c(-c4ccc(-c5ccc6c(c5)-c5ccccc5C6(c5ccccc5)c5ccccc5)cc4)c4ccccc4c23)cc1. The van der Waals surface area contributed by atoms with Crippen molar-refractivity contribution < 1.29 is 0 Å². The van der Waals surface area contributed by atoms with E-state index < -0.39 is 5.41 Å². The molecular weight excluding hydrogens is 677 g/mol. The van der Waals surface area contributed by atoms with Crippen molar-refractivity contribution in [1.82, 2.24) is 9.61 Å². The Morgan fingerprint density at radius 2 is 0.875 bits per heavy atom. The molecule has 0 aliphatic heterocycles. The van der Waals surface area contributed by atoms with Gasteiger partial charge in [-0.2, -0.15) is 5.10 Å². The van der Waals surface area contributed by atoms with Gasteiger partial charge in [0.15, 0.2) is 0 Å². The first-order valence-electron chi connectivity index (χ1n) is 19.3. The number of nitrogens with zero attached hydrogens (tertiary/aromatic N) is 2. The van der Waals surface area contributed by atoms with E-state index in [2.05, 4.69) is 217 Å². The molecule has 0 saturated heterocycles. The fourth-order valence-electron chi connectivity index (χ4n) is 9.36. The van der Waals surface area contributed by atoms with Gasteiger partial charge in [-0.1, -0.05) is 206 Å². The third-order valence-electron chi connectivity index (χ3n) is 11.8. The van der Waals surface area contributed by atoms with Gasteiger partial charge in [-0.15, -0.1) is 0 Å². The highest BCUT2D eigenvalue weighted by Gasteiger charge is 2.45. The second kappa shape index (κ2) is 12.9. The van der Waals surface area contributed by atoms with Crippen LogP contribution in [-0.4, -0.2) is 9.61 Å². The van der Waals surface area contributed by atoms with Gasteiger partial charge in [-0.05, 0) is 67.1 Å². The second-order valence-corrected chi connectivity index (χ2v) is 14.7. The van der Waals surface area contributed by atoms with Gasteiger partial charge in [0.1, 0.15) is 0 Å². The summed E-state index contributed by atoms with van der Waals surface area (Å²) in [4.78, 5) is 0. The zero-order valence-electron chi connectivity index (χ0n) is 30.7. The lowest BCUT2D eigenvalue weighted by atomic mass is 9.67. The lowest BCUT2D eigenvalue weighted by Crippen LogP contribution is -2.28. The van der Waals surface area contributed by atoms with E-state index in [1.807, 2.05) is 6.20 Å². The third-order valence-corrected chi connectivity index (χ3v) is 11.8. The normalized spacial score (nSPS) is 12.8.